The lowest BCUT2D eigenvalue weighted by Gasteiger charge is -2.20. The third kappa shape index (κ3) is 5.93. The number of hydrogen-bond acceptors (Lipinski definition) is 9. The lowest BCUT2D eigenvalue weighted by molar-refractivity contribution is 0.286. The van der Waals surface area contributed by atoms with Crippen molar-refractivity contribution in [3.63, 3.8) is 0 Å². The average Bonchev–Trinajstić information content (AvgIpc) is 2.87. The van der Waals surface area contributed by atoms with Crippen LogP contribution in [0.5, 0.6) is 0 Å². The summed E-state index contributed by atoms with van der Waals surface area (Å²) in [6.07, 6.45) is 1.51. The van der Waals surface area contributed by atoms with Crippen LogP contribution in [0.15, 0.2) is 63.8 Å². The van der Waals surface area contributed by atoms with Crippen LogP contribution in [-0.4, -0.2) is 46.3 Å². The molecule has 9 nitrogen and oxygen atoms in total. The summed E-state index contributed by atoms with van der Waals surface area (Å²) >= 11 is 0. The number of aliphatic hydroxyl groups excluding tert-OH is 1. The van der Waals surface area contributed by atoms with E-state index in [9.17, 15) is 4.79 Å². The molecule has 0 saturated heterocycles. The molecule has 9 heteroatoms. The molecule has 0 aliphatic heterocycles. The van der Waals surface area contributed by atoms with E-state index in [0.29, 0.717) is 47.6 Å². The lowest BCUT2D eigenvalue weighted by atomic mass is 10.1. The molecule has 2 heterocycles. The number of benzene rings is 2. The van der Waals surface area contributed by atoms with E-state index in [-0.39, 0.29) is 12.2 Å². The van der Waals surface area contributed by atoms with Crippen molar-refractivity contribution < 1.29 is 9.52 Å². The second-order valence-corrected chi connectivity index (χ2v) is 8.00. The molecule has 0 amide bonds. The van der Waals surface area contributed by atoms with Crippen LogP contribution in [0, 0.1) is 0 Å². The van der Waals surface area contributed by atoms with Gasteiger partial charge < -0.3 is 25.1 Å². The van der Waals surface area contributed by atoms with Crippen molar-refractivity contribution in [1.82, 2.24) is 15.0 Å². The number of fused-ring (bicyclic) bond motifs is 1. The van der Waals surface area contributed by atoms with Crippen molar-refractivity contribution in [2.24, 2.45) is 0 Å². The number of hydrogen-bond donors (Lipinski definition) is 3. The molecule has 4 aromatic rings. The monoisotopic (exact) mass is 474 g/mol. The van der Waals surface area contributed by atoms with Crippen molar-refractivity contribution in [3.05, 3.63) is 65.0 Å². The number of aromatic nitrogens is 3. The first kappa shape index (κ1) is 24.2. The van der Waals surface area contributed by atoms with E-state index in [4.69, 9.17) is 9.52 Å². The Morgan fingerprint density at radius 2 is 1.71 bits per heavy atom. The Balaban J connectivity index is 1.62. The van der Waals surface area contributed by atoms with Gasteiger partial charge in [-0.15, -0.1) is 0 Å². The Morgan fingerprint density at radius 1 is 0.943 bits per heavy atom. The van der Waals surface area contributed by atoms with Crippen LogP contribution in [0.2, 0.25) is 0 Å². The standard InChI is InChI=1S/C26H30N6O3/c1-3-32(4-2)26-30-24(27-14-8-9-15-33)29-25(31-26)28-20-13-12-19-16-21(18-10-6-5-7-11-18)23(34)35-22(19)17-20/h5-7,10-13,16-17,33H,3-4,8-9,14-15H2,1-2H3,(H2,27,28,29,30,31). The zero-order chi connectivity index (χ0) is 24.6. The molecule has 0 unspecified atom stereocenters. The van der Waals surface area contributed by atoms with E-state index in [2.05, 4.69) is 25.6 Å². The summed E-state index contributed by atoms with van der Waals surface area (Å²) in [4.78, 5) is 28.3. The molecule has 0 spiro atoms. The number of aliphatic hydroxyl groups is 1. The molecule has 0 aliphatic carbocycles. The number of anilines is 4. The molecule has 0 bridgehead atoms. The van der Waals surface area contributed by atoms with Gasteiger partial charge in [0.05, 0.1) is 5.56 Å². The Kier molecular flexibility index (Phi) is 7.89. The van der Waals surface area contributed by atoms with Gasteiger partial charge in [-0.1, -0.05) is 30.3 Å². The van der Waals surface area contributed by atoms with Crippen LogP contribution in [0.1, 0.15) is 26.7 Å². The summed E-state index contributed by atoms with van der Waals surface area (Å²) in [5.74, 6) is 1.41. The summed E-state index contributed by atoms with van der Waals surface area (Å²) in [6.45, 7) is 6.41. The zero-order valence-corrected chi connectivity index (χ0v) is 20.0. The molecule has 182 valence electrons. The first-order chi connectivity index (χ1) is 17.1. The maximum Gasteiger partial charge on any atom is 0.344 e. The van der Waals surface area contributed by atoms with E-state index in [1.165, 1.54) is 0 Å². The maximum absolute atomic E-state index is 12.6. The van der Waals surface area contributed by atoms with Crippen LogP contribution in [0.3, 0.4) is 0 Å². The molecule has 0 radical (unpaired) electrons. The van der Waals surface area contributed by atoms with Gasteiger partial charge >= 0.3 is 5.63 Å². The average molecular weight is 475 g/mol. The van der Waals surface area contributed by atoms with Crippen LogP contribution < -0.4 is 21.2 Å². The van der Waals surface area contributed by atoms with Crippen molar-refractivity contribution in [3.8, 4) is 11.1 Å². The quantitative estimate of drug-likeness (QED) is 0.214. The van der Waals surface area contributed by atoms with Crippen molar-refractivity contribution in [2.75, 3.05) is 41.8 Å². The Morgan fingerprint density at radius 3 is 2.46 bits per heavy atom. The van der Waals surface area contributed by atoms with Gasteiger partial charge in [0, 0.05) is 43.4 Å². The fraction of sp³-hybridized carbons (Fsp3) is 0.308. The van der Waals surface area contributed by atoms with E-state index in [1.54, 1.807) is 6.07 Å². The Labute approximate surface area is 203 Å². The summed E-state index contributed by atoms with van der Waals surface area (Å²) in [6, 6.07) is 16.9. The predicted octanol–water partition coefficient (Wildman–Crippen LogP) is 4.42. The number of nitrogens with one attached hydrogen (secondary N) is 2. The first-order valence-electron chi connectivity index (χ1n) is 11.9. The molecule has 2 aromatic carbocycles. The van der Waals surface area contributed by atoms with Crippen molar-refractivity contribution in [1.29, 1.82) is 0 Å². The fourth-order valence-corrected chi connectivity index (χ4v) is 3.72. The SMILES string of the molecule is CCN(CC)c1nc(NCCCCO)nc(Nc2ccc3cc(-c4ccccc4)c(=O)oc3c2)n1. The molecule has 0 aliphatic rings. The van der Waals surface area contributed by atoms with E-state index >= 15 is 0 Å². The van der Waals surface area contributed by atoms with E-state index in [0.717, 1.165) is 30.5 Å². The molecule has 35 heavy (non-hydrogen) atoms. The minimum Gasteiger partial charge on any atom is -0.422 e. The van der Waals surface area contributed by atoms with Crippen molar-refractivity contribution in [2.45, 2.75) is 26.7 Å². The minimum atomic E-state index is -0.390. The van der Waals surface area contributed by atoms with Crippen LogP contribution in [0.4, 0.5) is 23.5 Å². The van der Waals surface area contributed by atoms with Gasteiger partial charge in [0.1, 0.15) is 5.58 Å². The van der Waals surface area contributed by atoms with Gasteiger partial charge in [0.25, 0.3) is 0 Å². The first-order valence-corrected chi connectivity index (χ1v) is 11.9. The molecule has 0 saturated carbocycles. The maximum atomic E-state index is 12.6. The number of unbranched alkanes of at least 4 members (excludes halogenated alkanes) is 1. The van der Waals surface area contributed by atoms with Crippen LogP contribution >= 0.6 is 0 Å². The van der Waals surface area contributed by atoms with Crippen molar-refractivity contribution >= 4 is 34.5 Å². The summed E-state index contributed by atoms with van der Waals surface area (Å²) in [7, 11) is 0. The lowest BCUT2D eigenvalue weighted by Crippen LogP contribution is -2.25. The highest BCUT2D eigenvalue weighted by Crippen LogP contribution is 2.25. The Hall–Kier alpha value is -3.98. The summed E-state index contributed by atoms with van der Waals surface area (Å²) in [5, 5.41) is 16.2. The highest BCUT2D eigenvalue weighted by atomic mass is 16.4. The summed E-state index contributed by atoms with van der Waals surface area (Å²) in [5.41, 5.74) is 2.12. The van der Waals surface area contributed by atoms with Crippen LogP contribution in [-0.2, 0) is 0 Å². The number of nitrogens with zero attached hydrogens (tertiary/aromatic N) is 4. The largest absolute Gasteiger partial charge is 0.422 e. The highest BCUT2D eigenvalue weighted by Gasteiger charge is 2.13. The molecule has 2 aromatic heterocycles. The van der Waals surface area contributed by atoms with E-state index in [1.807, 2.05) is 67.3 Å². The molecule has 4 rings (SSSR count). The van der Waals surface area contributed by atoms with Gasteiger partial charge in [0.15, 0.2) is 0 Å². The van der Waals surface area contributed by atoms with Gasteiger partial charge in [-0.2, -0.15) is 15.0 Å². The van der Waals surface area contributed by atoms with Crippen LogP contribution in [0.25, 0.3) is 22.1 Å². The Bertz CT molecular complexity index is 1320. The second-order valence-electron chi connectivity index (χ2n) is 8.00. The fourth-order valence-electron chi connectivity index (χ4n) is 3.72. The second kappa shape index (κ2) is 11.4. The molecule has 0 atom stereocenters. The third-order valence-electron chi connectivity index (χ3n) is 5.61. The minimum absolute atomic E-state index is 0.154. The van der Waals surface area contributed by atoms with Gasteiger partial charge in [-0.05, 0) is 50.5 Å². The summed E-state index contributed by atoms with van der Waals surface area (Å²) < 4.78 is 5.63. The highest BCUT2D eigenvalue weighted by molar-refractivity contribution is 5.84. The van der Waals surface area contributed by atoms with Gasteiger partial charge in [-0.3, -0.25) is 0 Å². The van der Waals surface area contributed by atoms with Gasteiger partial charge in [0.2, 0.25) is 17.8 Å². The molecule has 0 fully saturated rings. The normalized spacial score (nSPS) is 10.9. The van der Waals surface area contributed by atoms with Gasteiger partial charge in [-0.25, -0.2) is 4.79 Å². The van der Waals surface area contributed by atoms with E-state index < -0.39 is 0 Å². The number of rotatable bonds is 11. The zero-order valence-electron chi connectivity index (χ0n) is 20.0. The molecular formula is C26H30N6O3. The predicted molar refractivity (Wildman–Crippen MR) is 139 cm³/mol. The molecule has 3 N–H and O–H groups in total. The topological polar surface area (TPSA) is 116 Å². The smallest absolute Gasteiger partial charge is 0.344 e. The third-order valence-corrected chi connectivity index (χ3v) is 5.61. The molecular weight excluding hydrogens is 444 g/mol.